The Hall–Kier alpha value is -0.910. The number of hydrogen-bond acceptors (Lipinski definition) is 4. The Morgan fingerprint density at radius 2 is 2.05 bits per heavy atom. The van der Waals surface area contributed by atoms with E-state index in [0.717, 1.165) is 25.2 Å². The minimum absolute atomic E-state index is 0.248. The van der Waals surface area contributed by atoms with Gasteiger partial charge in [-0.15, -0.1) is 0 Å². The van der Waals surface area contributed by atoms with Crippen LogP contribution in [0.3, 0.4) is 0 Å². The van der Waals surface area contributed by atoms with E-state index in [-0.39, 0.29) is 18.2 Å². The zero-order chi connectivity index (χ0) is 14.0. The van der Waals surface area contributed by atoms with E-state index in [4.69, 9.17) is 10.5 Å². The van der Waals surface area contributed by atoms with Crippen LogP contribution in [0.4, 0.5) is 0 Å². The summed E-state index contributed by atoms with van der Waals surface area (Å²) in [4.78, 5) is 2.44. The number of morpholine rings is 1. The molecule has 0 aromatic carbocycles. The largest absolute Gasteiger partial charge is 0.373 e. The molecule has 5 nitrogen and oxygen atoms in total. The maximum absolute atomic E-state index is 6.04. The van der Waals surface area contributed by atoms with Crippen LogP contribution in [0.25, 0.3) is 0 Å². The summed E-state index contributed by atoms with van der Waals surface area (Å²) in [5, 5.41) is 4.53. The molecule has 0 bridgehead atoms. The van der Waals surface area contributed by atoms with Crippen molar-refractivity contribution in [2.24, 2.45) is 12.8 Å². The van der Waals surface area contributed by atoms with Gasteiger partial charge in [-0.2, -0.15) is 5.10 Å². The van der Waals surface area contributed by atoms with Gasteiger partial charge < -0.3 is 10.5 Å². The molecule has 0 amide bonds. The molecule has 1 aromatic rings. The molecule has 1 saturated heterocycles. The van der Waals surface area contributed by atoms with Crippen LogP contribution < -0.4 is 5.73 Å². The minimum atomic E-state index is 0.248. The van der Waals surface area contributed by atoms with Gasteiger partial charge in [0.15, 0.2) is 0 Å². The molecule has 1 aliphatic rings. The maximum atomic E-state index is 6.04. The fraction of sp³-hybridized carbons (Fsp3) is 0.786. The molecule has 0 radical (unpaired) electrons. The molecule has 2 heterocycles. The first-order valence-corrected chi connectivity index (χ1v) is 7.17. The van der Waals surface area contributed by atoms with Crippen molar-refractivity contribution in [3.63, 3.8) is 0 Å². The number of ether oxygens (including phenoxy) is 1. The molecule has 3 atom stereocenters. The smallest absolute Gasteiger partial charge is 0.0678 e. The van der Waals surface area contributed by atoms with Crippen LogP contribution in [-0.4, -0.2) is 46.5 Å². The third-order valence-electron chi connectivity index (χ3n) is 3.74. The second kappa shape index (κ2) is 6.03. The van der Waals surface area contributed by atoms with Crippen molar-refractivity contribution in [1.29, 1.82) is 0 Å². The Balaban J connectivity index is 2.23. The predicted octanol–water partition coefficient (Wildman–Crippen LogP) is 1.09. The maximum Gasteiger partial charge on any atom is 0.0678 e. The highest BCUT2D eigenvalue weighted by molar-refractivity contribution is 5.22. The molecule has 0 spiro atoms. The zero-order valence-corrected chi connectivity index (χ0v) is 12.5. The lowest BCUT2D eigenvalue weighted by Crippen LogP contribution is -2.48. The second-order valence-electron chi connectivity index (χ2n) is 5.52. The van der Waals surface area contributed by atoms with Gasteiger partial charge in [0, 0.05) is 38.4 Å². The van der Waals surface area contributed by atoms with Gasteiger partial charge in [0.05, 0.1) is 23.9 Å². The highest BCUT2D eigenvalue weighted by Crippen LogP contribution is 2.26. The molecule has 5 heteroatoms. The van der Waals surface area contributed by atoms with Crippen LogP contribution in [0.5, 0.6) is 0 Å². The van der Waals surface area contributed by atoms with Gasteiger partial charge >= 0.3 is 0 Å². The average molecular weight is 266 g/mol. The monoisotopic (exact) mass is 266 g/mol. The van der Waals surface area contributed by atoms with E-state index >= 15 is 0 Å². The van der Waals surface area contributed by atoms with Crippen LogP contribution in [0.1, 0.15) is 38.1 Å². The van der Waals surface area contributed by atoms with Gasteiger partial charge in [0.2, 0.25) is 0 Å². The molecule has 1 aliphatic heterocycles. The predicted molar refractivity (Wildman–Crippen MR) is 76.0 cm³/mol. The summed E-state index contributed by atoms with van der Waals surface area (Å²) in [6.07, 6.45) is 3.59. The van der Waals surface area contributed by atoms with Gasteiger partial charge in [-0.1, -0.05) is 6.92 Å². The first-order chi connectivity index (χ1) is 9.05. The first kappa shape index (κ1) is 14.5. The first-order valence-electron chi connectivity index (χ1n) is 7.17. The van der Waals surface area contributed by atoms with Crippen LogP contribution >= 0.6 is 0 Å². The van der Waals surface area contributed by atoms with Crippen molar-refractivity contribution in [3.8, 4) is 0 Å². The Morgan fingerprint density at radius 1 is 1.42 bits per heavy atom. The van der Waals surface area contributed by atoms with E-state index in [1.165, 1.54) is 5.56 Å². The molecule has 0 aliphatic carbocycles. The van der Waals surface area contributed by atoms with E-state index in [9.17, 15) is 0 Å². The fourth-order valence-electron chi connectivity index (χ4n) is 3.05. The van der Waals surface area contributed by atoms with Crippen molar-refractivity contribution in [2.45, 2.75) is 45.4 Å². The van der Waals surface area contributed by atoms with Gasteiger partial charge in [0.25, 0.3) is 0 Å². The third kappa shape index (κ3) is 3.16. The molecule has 1 unspecified atom stereocenters. The van der Waals surface area contributed by atoms with Gasteiger partial charge in [-0.3, -0.25) is 9.58 Å². The van der Waals surface area contributed by atoms with Crippen LogP contribution in [-0.2, 0) is 18.2 Å². The standard InChI is InChI=1S/C14H26N4O/c1-5-13-12(9-17(4)16-13)14(6-15)18-7-10(2)19-11(3)8-18/h9-11,14H,5-8,15H2,1-4H3/t10-,11+,14?. The van der Waals surface area contributed by atoms with E-state index in [0.29, 0.717) is 6.54 Å². The molecule has 2 rings (SSSR count). The number of hydrogen-bond donors (Lipinski definition) is 1. The number of nitrogens with two attached hydrogens (primary N) is 1. The van der Waals surface area contributed by atoms with Crippen LogP contribution in [0.2, 0.25) is 0 Å². The molecular weight excluding hydrogens is 240 g/mol. The Bertz CT molecular complexity index is 408. The van der Waals surface area contributed by atoms with Crippen molar-refractivity contribution in [3.05, 3.63) is 17.5 Å². The molecular formula is C14H26N4O. The summed E-state index contributed by atoms with van der Waals surface area (Å²) < 4.78 is 7.70. The molecule has 1 fully saturated rings. The second-order valence-corrected chi connectivity index (χ2v) is 5.52. The third-order valence-corrected chi connectivity index (χ3v) is 3.74. The summed E-state index contributed by atoms with van der Waals surface area (Å²) in [7, 11) is 1.97. The van der Waals surface area contributed by atoms with Crippen molar-refractivity contribution >= 4 is 0 Å². The summed E-state index contributed by atoms with van der Waals surface area (Å²) in [6, 6.07) is 0.248. The van der Waals surface area contributed by atoms with Crippen molar-refractivity contribution in [1.82, 2.24) is 14.7 Å². The van der Waals surface area contributed by atoms with Crippen molar-refractivity contribution < 1.29 is 4.74 Å². The van der Waals surface area contributed by atoms with Crippen molar-refractivity contribution in [2.75, 3.05) is 19.6 Å². The number of aromatic nitrogens is 2. The molecule has 0 saturated carbocycles. The van der Waals surface area contributed by atoms with E-state index < -0.39 is 0 Å². The Kier molecular flexibility index (Phi) is 4.60. The van der Waals surface area contributed by atoms with E-state index in [2.05, 4.69) is 37.0 Å². The SMILES string of the molecule is CCc1nn(C)cc1C(CN)N1C[C@@H](C)O[C@@H](C)C1. The molecule has 1 aromatic heterocycles. The highest BCUT2D eigenvalue weighted by Gasteiger charge is 2.30. The summed E-state index contributed by atoms with van der Waals surface area (Å²) in [5.41, 5.74) is 8.47. The molecule has 19 heavy (non-hydrogen) atoms. The van der Waals surface area contributed by atoms with Crippen LogP contribution in [0, 0.1) is 0 Å². The number of nitrogens with zero attached hydrogens (tertiary/aromatic N) is 3. The highest BCUT2D eigenvalue weighted by atomic mass is 16.5. The molecule has 108 valence electrons. The van der Waals surface area contributed by atoms with Gasteiger partial charge in [-0.05, 0) is 20.3 Å². The van der Waals surface area contributed by atoms with E-state index in [1.54, 1.807) is 0 Å². The Labute approximate surface area is 115 Å². The summed E-state index contributed by atoms with van der Waals surface area (Å²) in [5.74, 6) is 0. The molecule has 2 N–H and O–H groups in total. The van der Waals surface area contributed by atoms with Crippen LogP contribution in [0.15, 0.2) is 6.20 Å². The normalized spacial score (nSPS) is 26.6. The van der Waals surface area contributed by atoms with Gasteiger partial charge in [-0.25, -0.2) is 0 Å². The lowest BCUT2D eigenvalue weighted by Gasteiger charge is -2.39. The minimum Gasteiger partial charge on any atom is -0.373 e. The average Bonchev–Trinajstić information content (AvgIpc) is 2.70. The summed E-state index contributed by atoms with van der Waals surface area (Å²) in [6.45, 7) is 8.89. The fourth-order valence-corrected chi connectivity index (χ4v) is 3.05. The lowest BCUT2D eigenvalue weighted by molar-refractivity contribution is -0.0800. The van der Waals surface area contributed by atoms with E-state index in [1.807, 2.05) is 11.7 Å². The zero-order valence-electron chi connectivity index (χ0n) is 12.5. The summed E-state index contributed by atoms with van der Waals surface area (Å²) >= 11 is 0. The number of aryl methyl sites for hydroxylation is 2. The number of rotatable bonds is 4. The van der Waals surface area contributed by atoms with Gasteiger partial charge in [0.1, 0.15) is 0 Å². The topological polar surface area (TPSA) is 56.3 Å². The lowest BCUT2D eigenvalue weighted by atomic mass is 10.0. The Morgan fingerprint density at radius 3 is 2.58 bits per heavy atom. The quantitative estimate of drug-likeness (QED) is 0.886.